The first kappa shape index (κ1) is 30.1. The van der Waals surface area contributed by atoms with Crippen molar-refractivity contribution in [2.75, 3.05) is 4.90 Å². The fraction of sp³-hybridized carbons (Fsp3) is 0. The molecule has 242 valence electrons. The van der Waals surface area contributed by atoms with Crippen LogP contribution in [0.3, 0.4) is 0 Å². The van der Waals surface area contributed by atoms with Crippen LogP contribution < -0.4 is 10.6 Å². The first-order chi connectivity index (χ1) is 25.1. The fourth-order valence-corrected chi connectivity index (χ4v) is 7.24. The number of amidine groups is 2. The number of nitrogens with two attached hydrogens (primary N) is 1. The maximum atomic E-state index is 8.73. The fourth-order valence-electron chi connectivity index (χ4n) is 7.24. The second kappa shape index (κ2) is 12.5. The van der Waals surface area contributed by atoms with Gasteiger partial charge in [0.05, 0.1) is 22.4 Å². The van der Waals surface area contributed by atoms with E-state index in [1.165, 1.54) is 21.9 Å². The summed E-state index contributed by atoms with van der Waals surface area (Å²) in [6, 6.07) is 58.5. The highest BCUT2D eigenvalue weighted by molar-refractivity contribution is 6.17. The second-order valence-corrected chi connectivity index (χ2v) is 12.7. The lowest BCUT2D eigenvalue weighted by Crippen LogP contribution is -2.15. The summed E-state index contributed by atoms with van der Waals surface area (Å²) in [7, 11) is 0. The average molecular weight is 656 g/mol. The van der Waals surface area contributed by atoms with Crippen molar-refractivity contribution in [3.8, 4) is 16.8 Å². The van der Waals surface area contributed by atoms with Gasteiger partial charge in [0.2, 0.25) is 0 Å². The van der Waals surface area contributed by atoms with E-state index >= 15 is 0 Å². The first-order valence-corrected chi connectivity index (χ1v) is 17.0. The molecule has 0 amide bonds. The van der Waals surface area contributed by atoms with Crippen LogP contribution in [0.25, 0.3) is 50.8 Å². The molecule has 3 N–H and O–H groups in total. The lowest BCUT2D eigenvalue weighted by atomic mass is 10.0. The summed E-state index contributed by atoms with van der Waals surface area (Å²) in [6.07, 6.45) is 4.52. The van der Waals surface area contributed by atoms with E-state index in [0.717, 1.165) is 50.5 Å². The van der Waals surface area contributed by atoms with Gasteiger partial charge in [0, 0.05) is 38.8 Å². The standard InChI is InChI=1S/C46H33N5/c47-45(32-14-3-1-4-15-32)49-46(48)35-18-11-16-33(29-35)34-17-12-21-37(30-34)51-41-24-10-8-22-38(41)44-39-26-25-31-13-7-9-23-40(31)50(36-19-5-2-6-20-36)42(39)27-28-43(44)51/h1-30H,(H3,47,48,49). The third-order valence-corrected chi connectivity index (χ3v) is 9.59. The number of rotatable bonds is 5. The lowest BCUT2D eigenvalue weighted by Gasteiger charge is -2.27. The second-order valence-electron chi connectivity index (χ2n) is 12.7. The van der Waals surface area contributed by atoms with Crippen LogP contribution in [0.2, 0.25) is 0 Å². The van der Waals surface area contributed by atoms with E-state index in [1.54, 1.807) is 0 Å². The topological polar surface area (TPSA) is 70.4 Å². The van der Waals surface area contributed by atoms with Crippen LogP contribution in [0.4, 0.5) is 17.1 Å². The van der Waals surface area contributed by atoms with Gasteiger partial charge < -0.3 is 15.2 Å². The predicted molar refractivity (Wildman–Crippen MR) is 214 cm³/mol. The zero-order chi connectivity index (χ0) is 34.3. The SMILES string of the molecule is N=C(N=C(N)c1ccccc1)c1cccc(-c2cccc(-n3c4ccccc4c4c5c(ccc43)N(c3ccccc3)c3ccccc3C=C5)c2)c1. The van der Waals surface area contributed by atoms with Gasteiger partial charge in [-0.25, -0.2) is 4.99 Å². The number of para-hydroxylation sites is 3. The molecule has 0 saturated heterocycles. The van der Waals surface area contributed by atoms with Crippen LogP contribution in [-0.2, 0) is 0 Å². The van der Waals surface area contributed by atoms with Crippen LogP contribution in [0.15, 0.2) is 175 Å². The number of nitrogens with one attached hydrogen (secondary N) is 1. The zero-order valence-electron chi connectivity index (χ0n) is 27.7. The Hall–Kier alpha value is -6.98. The third-order valence-electron chi connectivity index (χ3n) is 9.59. The number of anilines is 3. The van der Waals surface area contributed by atoms with Crippen LogP contribution >= 0.6 is 0 Å². The number of aliphatic imine (C=N–C) groups is 1. The number of fused-ring (bicyclic) bond motifs is 6. The van der Waals surface area contributed by atoms with Gasteiger partial charge in [0.1, 0.15) is 5.84 Å². The molecule has 51 heavy (non-hydrogen) atoms. The summed E-state index contributed by atoms with van der Waals surface area (Å²) in [4.78, 5) is 6.80. The van der Waals surface area contributed by atoms with Gasteiger partial charge in [0.25, 0.3) is 0 Å². The van der Waals surface area contributed by atoms with Crippen molar-refractivity contribution in [1.82, 2.24) is 4.57 Å². The van der Waals surface area contributed by atoms with Crippen molar-refractivity contribution in [2.24, 2.45) is 10.7 Å². The first-order valence-electron chi connectivity index (χ1n) is 17.0. The van der Waals surface area contributed by atoms with Crippen LogP contribution in [0.5, 0.6) is 0 Å². The van der Waals surface area contributed by atoms with Crippen molar-refractivity contribution < 1.29 is 0 Å². The van der Waals surface area contributed by atoms with Crippen LogP contribution in [0, 0.1) is 5.41 Å². The van der Waals surface area contributed by atoms with E-state index in [0.29, 0.717) is 11.4 Å². The Balaban J connectivity index is 1.18. The molecule has 2 heterocycles. The van der Waals surface area contributed by atoms with Crippen molar-refractivity contribution >= 4 is 62.7 Å². The molecule has 0 atom stereocenters. The third kappa shape index (κ3) is 5.29. The molecule has 0 bridgehead atoms. The van der Waals surface area contributed by atoms with Crippen LogP contribution in [0.1, 0.15) is 22.3 Å². The minimum absolute atomic E-state index is 0.122. The minimum Gasteiger partial charge on any atom is -0.383 e. The van der Waals surface area contributed by atoms with Crippen molar-refractivity contribution in [2.45, 2.75) is 0 Å². The minimum atomic E-state index is 0.122. The molecular formula is C46H33N5. The maximum Gasteiger partial charge on any atom is 0.154 e. The molecule has 8 aromatic rings. The number of aromatic nitrogens is 1. The van der Waals surface area contributed by atoms with Crippen LogP contribution in [-0.4, -0.2) is 16.2 Å². The van der Waals surface area contributed by atoms with Crippen molar-refractivity contribution in [3.05, 3.63) is 192 Å². The largest absolute Gasteiger partial charge is 0.383 e. The van der Waals surface area contributed by atoms with Gasteiger partial charge in [-0.15, -0.1) is 0 Å². The molecule has 1 aliphatic heterocycles. The smallest absolute Gasteiger partial charge is 0.154 e. The van der Waals surface area contributed by atoms with Crippen molar-refractivity contribution in [1.29, 1.82) is 5.41 Å². The van der Waals surface area contributed by atoms with Gasteiger partial charge in [-0.2, -0.15) is 0 Å². The predicted octanol–water partition coefficient (Wildman–Crippen LogP) is 11.1. The van der Waals surface area contributed by atoms with E-state index in [-0.39, 0.29) is 5.84 Å². The Labute approximate surface area is 296 Å². The van der Waals surface area contributed by atoms with E-state index < -0.39 is 0 Å². The summed E-state index contributed by atoms with van der Waals surface area (Å²) in [6.45, 7) is 0. The molecule has 5 nitrogen and oxygen atoms in total. The summed E-state index contributed by atoms with van der Waals surface area (Å²) in [5.74, 6) is 0.445. The highest BCUT2D eigenvalue weighted by Crippen LogP contribution is 2.46. The maximum absolute atomic E-state index is 8.73. The summed E-state index contributed by atoms with van der Waals surface area (Å²) in [5.41, 5.74) is 18.9. The van der Waals surface area contributed by atoms with E-state index in [2.05, 4.69) is 148 Å². The van der Waals surface area contributed by atoms with Gasteiger partial charge in [-0.1, -0.05) is 127 Å². The van der Waals surface area contributed by atoms with E-state index in [1.807, 2.05) is 48.5 Å². The molecule has 0 unspecified atom stereocenters. The molecule has 0 saturated carbocycles. The number of hydrogen-bond acceptors (Lipinski definition) is 2. The van der Waals surface area contributed by atoms with Gasteiger partial charge in [0.15, 0.2) is 5.84 Å². The normalized spacial score (nSPS) is 12.5. The molecular weight excluding hydrogens is 623 g/mol. The Bertz CT molecular complexity index is 2670. The molecule has 9 rings (SSSR count). The van der Waals surface area contributed by atoms with Gasteiger partial charge in [-0.05, 0) is 71.3 Å². The van der Waals surface area contributed by atoms with Crippen molar-refractivity contribution in [3.63, 3.8) is 0 Å². The summed E-state index contributed by atoms with van der Waals surface area (Å²) in [5, 5.41) is 11.1. The molecule has 1 aliphatic rings. The molecule has 5 heteroatoms. The summed E-state index contributed by atoms with van der Waals surface area (Å²) >= 11 is 0. The number of hydrogen-bond donors (Lipinski definition) is 2. The molecule has 1 aromatic heterocycles. The lowest BCUT2D eigenvalue weighted by molar-refractivity contribution is 1.18. The Morgan fingerprint density at radius 2 is 1.20 bits per heavy atom. The Kier molecular flexibility index (Phi) is 7.37. The van der Waals surface area contributed by atoms with E-state index in [9.17, 15) is 0 Å². The van der Waals surface area contributed by atoms with Gasteiger partial charge >= 0.3 is 0 Å². The average Bonchev–Trinajstić information content (AvgIpc) is 3.43. The monoisotopic (exact) mass is 655 g/mol. The highest BCUT2D eigenvalue weighted by Gasteiger charge is 2.24. The molecule has 0 fully saturated rings. The number of nitrogens with zero attached hydrogens (tertiary/aromatic N) is 3. The Morgan fingerprint density at radius 3 is 2.04 bits per heavy atom. The zero-order valence-corrected chi connectivity index (χ0v) is 27.7. The molecule has 0 aliphatic carbocycles. The van der Waals surface area contributed by atoms with Gasteiger partial charge in [-0.3, -0.25) is 5.41 Å². The molecule has 0 radical (unpaired) electrons. The number of benzene rings is 7. The quantitative estimate of drug-likeness (QED) is 0.143. The Morgan fingerprint density at radius 1 is 0.529 bits per heavy atom. The van der Waals surface area contributed by atoms with E-state index in [4.69, 9.17) is 11.1 Å². The molecule has 7 aromatic carbocycles. The highest BCUT2D eigenvalue weighted by atomic mass is 15.1. The molecule has 0 spiro atoms. The summed E-state index contributed by atoms with van der Waals surface area (Å²) < 4.78 is 2.37.